The van der Waals surface area contributed by atoms with E-state index in [1.807, 2.05) is 37.3 Å². The van der Waals surface area contributed by atoms with Gasteiger partial charge in [0.05, 0.1) is 5.69 Å². The molecule has 0 amide bonds. The second-order valence-electron chi connectivity index (χ2n) is 3.85. The third-order valence-electron chi connectivity index (χ3n) is 2.33. The van der Waals surface area contributed by atoms with E-state index < -0.39 is 0 Å². The molecule has 0 spiro atoms. The zero-order valence-corrected chi connectivity index (χ0v) is 12.5. The van der Waals surface area contributed by atoms with Gasteiger partial charge in [0.2, 0.25) is 0 Å². The Kier molecular flexibility index (Phi) is 3.74. The van der Waals surface area contributed by atoms with E-state index in [0.717, 1.165) is 31.6 Å². The van der Waals surface area contributed by atoms with E-state index in [1.54, 1.807) is 0 Å². The van der Waals surface area contributed by atoms with Gasteiger partial charge in [-0.25, -0.2) is 0 Å². The molecule has 0 aliphatic heterocycles. The highest BCUT2D eigenvalue weighted by Crippen LogP contribution is 2.33. The minimum absolute atomic E-state index is 0.760. The van der Waals surface area contributed by atoms with Crippen molar-refractivity contribution in [2.24, 2.45) is 0 Å². The van der Waals surface area contributed by atoms with Gasteiger partial charge in [0.1, 0.15) is 0 Å². The first-order valence-electron chi connectivity index (χ1n) is 5.14. The minimum atomic E-state index is 0.760. The first-order valence-corrected chi connectivity index (χ1v) is 6.73. The fourth-order valence-corrected chi connectivity index (χ4v) is 2.84. The van der Waals surface area contributed by atoms with Crippen LogP contribution < -0.4 is 11.1 Å². The molecule has 17 heavy (non-hydrogen) atoms. The molecule has 2 nitrogen and oxygen atoms in total. The summed E-state index contributed by atoms with van der Waals surface area (Å²) in [4.78, 5) is 0. The summed E-state index contributed by atoms with van der Waals surface area (Å²) >= 11 is 7.04. The van der Waals surface area contributed by atoms with Crippen molar-refractivity contribution in [3.8, 4) is 0 Å². The Hall–Kier alpha value is -1.00. The molecular formula is C13H12Br2N2. The highest BCUT2D eigenvalue weighted by molar-refractivity contribution is 9.11. The molecule has 4 heteroatoms. The number of benzene rings is 2. The van der Waals surface area contributed by atoms with Crippen LogP contribution in [0.4, 0.5) is 17.1 Å². The summed E-state index contributed by atoms with van der Waals surface area (Å²) in [6, 6.07) is 11.9. The summed E-state index contributed by atoms with van der Waals surface area (Å²) in [5, 5.41) is 3.35. The molecule has 0 fully saturated rings. The molecule has 0 aliphatic carbocycles. The number of para-hydroxylation sites is 1. The van der Waals surface area contributed by atoms with Crippen molar-refractivity contribution >= 4 is 48.9 Å². The molecule has 0 unspecified atom stereocenters. The van der Waals surface area contributed by atoms with E-state index >= 15 is 0 Å². The normalized spacial score (nSPS) is 10.3. The van der Waals surface area contributed by atoms with Crippen molar-refractivity contribution in [2.45, 2.75) is 6.92 Å². The largest absolute Gasteiger partial charge is 0.399 e. The van der Waals surface area contributed by atoms with Crippen molar-refractivity contribution in [3.05, 3.63) is 50.9 Å². The zero-order chi connectivity index (χ0) is 12.4. The standard InChI is InChI=1S/C13H12Br2N2/c1-8-5-9(16)7-10(6-8)17-13-11(14)3-2-4-12(13)15/h2-7,17H,16H2,1H3. The number of rotatable bonds is 2. The summed E-state index contributed by atoms with van der Waals surface area (Å²) in [7, 11) is 0. The average molecular weight is 356 g/mol. The lowest BCUT2D eigenvalue weighted by Crippen LogP contribution is -1.95. The molecule has 0 bridgehead atoms. The second kappa shape index (κ2) is 5.10. The van der Waals surface area contributed by atoms with Crippen LogP contribution >= 0.6 is 31.9 Å². The maximum Gasteiger partial charge on any atom is 0.0673 e. The monoisotopic (exact) mass is 354 g/mol. The minimum Gasteiger partial charge on any atom is -0.399 e. The van der Waals surface area contributed by atoms with Crippen LogP contribution in [-0.2, 0) is 0 Å². The van der Waals surface area contributed by atoms with Gasteiger partial charge in [-0.1, -0.05) is 6.07 Å². The van der Waals surface area contributed by atoms with Crippen LogP contribution in [0.15, 0.2) is 45.3 Å². The average Bonchev–Trinajstić information content (AvgIpc) is 2.22. The van der Waals surface area contributed by atoms with E-state index in [4.69, 9.17) is 5.73 Å². The topological polar surface area (TPSA) is 38.0 Å². The molecule has 2 aromatic rings. The van der Waals surface area contributed by atoms with E-state index in [0.29, 0.717) is 0 Å². The molecular weight excluding hydrogens is 344 g/mol. The molecule has 0 aliphatic rings. The van der Waals surface area contributed by atoms with E-state index in [2.05, 4.69) is 43.2 Å². The predicted octanol–water partition coefficient (Wildman–Crippen LogP) is 4.85. The Bertz CT molecular complexity index is 513. The summed E-state index contributed by atoms with van der Waals surface area (Å²) in [5.74, 6) is 0. The third kappa shape index (κ3) is 3.01. The smallest absolute Gasteiger partial charge is 0.0673 e. The molecule has 3 N–H and O–H groups in total. The van der Waals surface area contributed by atoms with Gasteiger partial charge in [-0.05, 0) is 74.7 Å². The van der Waals surface area contributed by atoms with Crippen LogP contribution in [0.3, 0.4) is 0 Å². The molecule has 0 aromatic heterocycles. The van der Waals surface area contributed by atoms with E-state index in [-0.39, 0.29) is 0 Å². The fraction of sp³-hybridized carbons (Fsp3) is 0.0769. The van der Waals surface area contributed by atoms with Gasteiger partial charge >= 0.3 is 0 Å². The number of anilines is 3. The summed E-state index contributed by atoms with van der Waals surface area (Å²) in [6.07, 6.45) is 0. The maximum absolute atomic E-state index is 5.83. The van der Waals surface area contributed by atoms with E-state index in [9.17, 15) is 0 Å². The van der Waals surface area contributed by atoms with Crippen LogP contribution in [-0.4, -0.2) is 0 Å². The number of hydrogen-bond acceptors (Lipinski definition) is 2. The highest BCUT2D eigenvalue weighted by Gasteiger charge is 2.05. The van der Waals surface area contributed by atoms with Gasteiger partial charge in [0.25, 0.3) is 0 Å². The van der Waals surface area contributed by atoms with Crippen molar-refractivity contribution in [3.63, 3.8) is 0 Å². The highest BCUT2D eigenvalue weighted by atomic mass is 79.9. The summed E-state index contributed by atoms with van der Waals surface area (Å²) in [6.45, 7) is 2.02. The molecule has 0 radical (unpaired) electrons. The lowest BCUT2D eigenvalue weighted by atomic mass is 10.2. The van der Waals surface area contributed by atoms with Crippen molar-refractivity contribution in [1.82, 2.24) is 0 Å². The molecule has 0 saturated heterocycles. The van der Waals surface area contributed by atoms with Crippen LogP contribution in [0.25, 0.3) is 0 Å². The Labute approximate surface area is 117 Å². The Morgan fingerprint density at radius 3 is 2.29 bits per heavy atom. The Morgan fingerprint density at radius 1 is 1.06 bits per heavy atom. The molecule has 2 rings (SSSR count). The zero-order valence-electron chi connectivity index (χ0n) is 9.30. The third-order valence-corrected chi connectivity index (χ3v) is 3.65. The number of halogens is 2. The van der Waals surface area contributed by atoms with Gasteiger partial charge in [0, 0.05) is 20.3 Å². The van der Waals surface area contributed by atoms with Crippen molar-refractivity contribution in [2.75, 3.05) is 11.1 Å². The first kappa shape index (κ1) is 12.5. The molecule has 0 heterocycles. The molecule has 88 valence electrons. The lowest BCUT2D eigenvalue weighted by Gasteiger charge is -2.12. The lowest BCUT2D eigenvalue weighted by molar-refractivity contribution is 1.44. The van der Waals surface area contributed by atoms with E-state index in [1.165, 1.54) is 0 Å². The second-order valence-corrected chi connectivity index (χ2v) is 5.56. The summed E-state index contributed by atoms with van der Waals surface area (Å²) in [5.41, 5.74) is 9.70. The molecule has 2 aromatic carbocycles. The number of nitrogen functional groups attached to an aromatic ring is 1. The van der Waals surface area contributed by atoms with Gasteiger partial charge in [-0.3, -0.25) is 0 Å². The fourth-order valence-electron chi connectivity index (χ4n) is 1.65. The van der Waals surface area contributed by atoms with Crippen LogP contribution in [0.1, 0.15) is 5.56 Å². The number of nitrogens with two attached hydrogens (primary N) is 1. The van der Waals surface area contributed by atoms with Crippen LogP contribution in [0, 0.1) is 6.92 Å². The molecule has 0 atom stereocenters. The number of nitrogens with one attached hydrogen (secondary N) is 1. The van der Waals surface area contributed by atoms with Gasteiger partial charge < -0.3 is 11.1 Å². The van der Waals surface area contributed by atoms with Crippen molar-refractivity contribution < 1.29 is 0 Å². The van der Waals surface area contributed by atoms with Gasteiger partial charge in [-0.15, -0.1) is 0 Å². The Morgan fingerprint density at radius 2 is 1.71 bits per heavy atom. The van der Waals surface area contributed by atoms with Crippen LogP contribution in [0.2, 0.25) is 0 Å². The van der Waals surface area contributed by atoms with Gasteiger partial charge in [-0.2, -0.15) is 0 Å². The number of aryl methyl sites for hydroxylation is 1. The van der Waals surface area contributed by atoms with Crippen LogP contribution in [0.5, 0.6) is 0 Å². The molecule has 0 saturated carbocycles. The quantitative estimate of drug-likeness (QED) is 0.756. The predicted molar refractivity (Wildman–Crippen MR) is 80.7 cm³/mol. The first-order chi connectivity index (χ1) is 8.06. The number of hydrogen-bond donors (Lipinski definition) is 2. The Balaban J connectivity index is 2.38. The maximum atomic E-state index is 5.83. The van der Waals surface area contributed by atoms with Gasteiger partial charge in [0.15, 0.2) is 0 Å². The van der Waals surface area contributed by atoms with Crippen molar-refractivity contribution in [1.29, 1.82) is 0 Å². The SMILES string of the molecule is Cc1cc(N)cc(Nc2c(Br)cccc2Br)c1. The summed E-state index contributed by atoms with van der Waals surface area (Å²) < 4.78 is 2.01.